The van der Waals surface area contributed by atoms with Gasteiger partial charge in [-0.15, -0.1) is 0 Å². The Balaban J connectivity index is 1.23. The van der Waals surface area contributed by atoms with Crippen LogP contribution in [0.25, 0.3) is 77.2 Å². The van der Waals surface area contributed by atoms with Gasteiger partial charge in [-0.3, -0.25) is 0 Å². The second-order valence-corrected chi connectivity index (χ2v) is 14.0. The number of hydrogen-bond acceptors (Lipinski definition) is 0. The summed E-state index contributed by atoms with van der Waals surface area (Å²) in [5.74, 6) is 0. The maximum absolute atomic E-state index is 2.50. The quantitative estimate of drug-likeness (QED) is 0.177. The lowest BCUT2D eigenvalue weighted by Crippen LogP contribution is -2.26. The zero-order valence-corrected chi connectivity index (χ0v) is 27.7. The van der Waals surface area contributed by atoms with E-state index in [0.29, 0.717) is 0 Å². The van der Waals surface area contributed by atoms with E-state index in [1.165, 1.54) is 99.5 Å². The van der Waals surface area contributed by atoms with Crippen LogP contribution >= 0.6 is 0 Å². The average Bonchev–Trinajstić information content (AvgIpc) is 3.90. The van der Waals surface area contributed by atoms with Crippen molar-refractivity contribution in [1.29, 1.82) is 0 Å². The minimum atomic E-state index is -0.471. The topological polar surface area (TPSA) is 9.86 Å². The highest BCUT2D eigenvalue weighted by Crippen LogP contribution is 2.64. The van der Waals surface area contributed by atoms with Crippen LogP contribution in [-0.4, -0.2) is 9.13 Å². The number of rotatable bonds is 2. The fourth-order valence-corrected chi connectivity index (χ4v) is 9.93. The molecule has 2 aromatic heterocycles. The standard InChI is InChI=1S/C49H30N2/c1-7-21-37-35(19-1)47-39(23-13-29-45(47)50-41-25-9-3-15-31(41)32-16-4-10-26-42(32)50)49(37)38-22-8-2-20-36(38)48-40(49)24-14-30-46(48)51-43-27-11-5-17-33(43)34-18-6-12-28-44(34)51/h1-30H. The van der Waals surface area contributed by atoms with Crippen LogP contribution in [0.1, 0.15) is 22.3 Å². The zero-order chi connectivity index (χ0) is 33.3. The van der Waals surface area contributed by atoms with Crippen LogP contribution in [0.15, 0.2) is 182 Å². The Bertz CT molecular complexity index is 2780. The fourth-order valence-electron chi connectivity index (χ4n) is 9.93. The molecule has 2 aliphatic rings. The molecule has 0 saturated heterocycles. The smallest absolute Gasteiger partial charge is 0.0727 e. The van der Waals surface area contributed by atoms with Gasteiger partial charge in [-0.25, -0.2) is 0 Å². The first kappa shape index (κ1) is 27.2. The van der Waals surface area contributed by atoms with Crippen molar-refractivity contribution in [3.05, 3.63) is 204 Å². The molecule has 10 aromatic rings. The summed E-state index contributed by atoms with van der Waals surface area (Å²) in [5, 5.41) is 5.11. The Morgan fingerprint density at radius 3 is 0.980 bits per heavy atom. The maximum atomic E-state index is 2.50. The summed E-state index contributed by atoms with van der Waals surface area (Å²) >= 11 is 0. The molecular weight excluding hydrogens is 617 g/mol. The number of para-hydroxylation sites is 4. The number of fused-ring (bicyclic) bond motifs is 16. The van der Waals surface area contributed by atoms with E-state index in [9.17, 15) is 0 Å². The summed E-state index contributed by atoms with van der Waals surface area (Å²) in [7, 11) is 0. The van der Waals surface area contributed by atoms with Crippen LogP contribution in [0.3, 0.4) is 0 Å². The highest BCUT2D eigenvalue weighted by Gasteiger charge is 2.53. The highest BCUT2D eigenvalue weighted by molar-refractivity contribution is 6.12. The molecule has 0 radical (unpaired) electrons. The Morgan fingerprint density at radius 2 is 0.588 bits per heavy atom. The normalized spacial score (nSPS) is 13.6. The van der Waals surface area contributed by atoms with Gasteiger partial charge in [-0.2, -0.15) is 0 Å². The van der Waals surface area contributed by atoms with Crippen LogP contribution in [0.5, 0.6) is 0 Å². The fraction of sp³-hybridized carbons (Fsp3) is 0.0204. The third-order valence-electron chi connectivity index (χ3n) is 11.7. The third kappa shape index (κ3) is 3.24. The summed E-state index contributed by atoms with van der Waals surface area (Å²) < 4.78 is 4.99. The second-order valence-electron chi connectivity index (χ2n) is 14.0. The van der Waals surface area contributed by atoms with Crippen LogP contribution in [0, 0.1) is 0 Å². The monoisotopic (exact) mass is 646 g/mol. The first-order chi connectivity index (χ1) is 25.4. The van der Waals surface area contributed by atoms with E-state index >= 15 is 0 Å². The minimum absolute atomic E-state index is 0.471. The largest absolute Gasteiger partial charge is 0.309 e. The summed E-state index contributed by atoms with van der Waals surface area (Å²) in [4.78, 5) is 0. The van der Waals surface area contributed by atoms with Crippen molar-refractivity contribution in [3.63, 3.8) is 0 Å². The molecule has 0 unspecified atom stereocenters. The lowest BCUT2D eigenvalue weighted by atomic mass is 9.70. The third-order valence-corrected chi connectivity index (χ3v) is 11.7. The molecule has 236 valence electrons. The van der Waals surface area contributed by atoms with Gasteiger partial charge in [-0.1, -0.05) is 146 Å². The van der Waals surface area contributed by atoms with E-state index in [2.05, 4.69) is 191 Å². The molecule has 2 aliphatic carbocycles. The number of nitrogens with zero attached hydrogens (tertiary/aromatic N) is 2. The minimum Gasteiger partial charge on any atom is -0.309 e. The van der Waals surface area contributed by atoms with E-state index in [1.807, 2.05) is 0 Å². The van der Waals surface area contributed by atoms with Gasteiger partial charge in [0.2, 0.25) is 0 Å². The van der Waals surface area contributed by atoms with E-state index in [0.717, 1.165) is 0 Å². The number of hydrogen-bond donors (Lipinski definition) is 0. The van der Waals surface area contributed by atoms with Crippen LogP contribution in [0.4, 0.5) is 0 Å². The first-order valence-electron chi connectivity index (χ1n) is 17.8. The molecule has 0 N–H and O–H groups in total. The van der Waals surface area contributed by atoms with Crippen molar-refractivity contribution < 1.29 is 0 Å². The molecule has 0 fully saturated rings. The van der Waals surface area contributed by atoms with Gasteiger partial charge in [0.25, 0.3) is 0 Å². The van der Waals surface area contributed by atoms with E-state index < -0.39 is 5.41 Å². The molecular formula is C49H30N2. The van der Waals surface area contributed by atoms with Gasteiger partial charge in [0.05, 0.1) is 38.9 Å². The first-order valence-corrected chi connectivity index (χ1v) is 17.8. The van der Waals surface area contributed by atoms with Gasteiger partial charge in [0.1, 0.15) is 0 Å². The predicted molar refractivity (Wildman–Crippen MR) is 211 cm³/mol. The maximum Gasteiger partial charge on any atom is 0.0727 e. The van der Waals surface area contributed by atoms with E-state index in [4.69, 9.17) is 0 Å². The summed E-state index contributed by atoms with van der Waals surface area (Å²) in [5.41, 5.74) is 17.5. The van der Waals surface area contributed by atoms with Gasteiger partial charge < -0.3 is 9.13 Å². The van der Waals surface area contributed by atoms with E-state index in [1.54, 1.807) is 0 Å². The van der Waals surface area contributed by atoms with Gasteiger partial charge >= 0.3 is 0 Å². The van der Waals surface area contributed by atoms with Gasteiger partial charge in [0, 0.05) is 32.7 Å². The Hall–Kier alpha value is -6.64. The lowest BCUT2D eigenvalue weighted by molar-refractivity contribution is 0.793. The molecule has 2 heteroatoms. The number of benzene rings is 8. The van der Waals surface area contributed by atoms with Gasteiger partial charge in [-0.05, 0) is 69.8 Å². The predicted octanol–water partition coefficient (Wildman–Crippen LogP) is 12.2. The molecule has 12 rings (SSSR count). The molecule has 0 aliphatic heterocycles. The molecule has 8 aromatic carbocycles. The molecule has 0 amide bonds. The highest BCUT2D eigenvalue weighted by atomic mass is 15.0. The van der Waals surface area contributed by atoms with Crippen molar-refractivity contribution in [2.24, 2.45) is 0 Å². The molecule has 0 atom stereocenters. The summed E-state index contributed by atoms with van der Waals surface area (Å²) in [6.45, 7) is 0. The molecule has 0 saturated carbocycles. The van der Waals surface area contributed by atoms with Crippen molar-refractivity contribution in [3.8, 4) is 33.6 Å². The Labute approximate surface area is 295 Å². The lowest BCUT2D eigenvalue weighted by Gasteiger charge is -2.30. The van der Waals surface area contributed by atoms with Crippen LogP contribution in [-0.2, 0) is 5.41 Å². The summed E-state index contributed by atoms with van der Waals surface area (Å²) in [6, 6.07) is 67.7. The molecule has 51 heavy (non-hydrogen) atoms. The second kappa shape index (κ2) is 9.74. The molecule has 2 nitrogen and oxygen atoms in total. The van der Waals surface area contributed by atoms with E-state index in [-0.39, 0.29) is 0 Å². The van der Waals surface area contributed by atoms with Crippen molar-refractivity contribution >= 4 is 43.6 Å². The Morgan fingerprint density at radius 1 is 0.275 bits per heavy atom. The SMILES string of the molecule is c1ccc2c(c1)-c1c(-n3c4ccccc4c4ccccc43)cccc1C21c2ccccc2-c2c(-n3c4ccccc4c4ccccc43)cccc21. The van der Waals surface area contributed by atoms with Gasteiger partial charge in [0.15, 0.2) is 0 Å². The van der Waals surface area contributed by atoms with Crippen LogP contribution < -0.4 is 0 Å². The van der Waals surface area contributed by atoms with Crippen molar-refractivity contribution in [1.82, 2.24) is 9.13 Å². The Kier molecular flexibility index (Phi) is 5.20. The average molecular weight is 647 g/mol. The zero-order valence-electron chi connectivity index (χ0n) is 27.7. The van der Waals surface area contributed by atoms with Crippen molar-refractivity contribution in [2.75, 3.05) is 0 Å². The molecule has 2 heterocycles. The molecule has 0 bridgehead atoms. The number of aromatic nitrogens is 2. The summed E-state index contributed by atoms with van der Waals surface area (Å²) in [6.07, 6.45) is 0. The van der Waals surface area contributed by atoms with Crippen LogP contribution in [0.2, 0.25) is 0 Å². The molecule has 1 spiro atoms. The van der Waals surface area contributed by atoms with Crippen molar-refractivity contribution in [2.45, 2.75) is 5.41 Å².